The number of aryl methyl sites for hydroxylation is 3. The van der Waals surface area contributed by atoms with Crippen molar-refractivity contribution in [3.05, 3.63) is 10.7 Å². The van der Waals surface area contributed by atoms with Gasteiger partial charge in [-0.05, 0) is 25.1 Å². The lowest BCUT2D eigenvalue weighted by Gasteiger charge is -1.98. The van der Waals surface area contributed by atoms with Crippen LogP contribution in [-0.4, -0.2) is 20.0 Å². The first kappa shape index (κ1) is 12.4. The number of nitrogens with two attached hydrogens (primary N) is 1. The molecule has 2 heterocycles. The number of hydrogen-bond donors (Lipinski definition) is 1. The summed E-state index contributed by atoms with van der Waals surface area (Å²) in [5, 5.41) is 14.4. The Morgan fingerprint density at radius 3 is 2.76 bits per heavy atom. The molecule has 0 amide bonds. The largest absolute Gasteiger partial charge is 0.395 e. The topological polar surface area (TPSA) is 69.6 Å². The van der Waals surface area contributed by atoms with Gasteiger partial charge in [0.15, 0.2) is 4.34 Å². The minimum atomic E-state index is 0.771. The number of anilines is 1. The predicted octanol–water partition coefficient (Wildman–Crippen LogP) is 2.27. The van der Waals surface area contributed by atoms with Crippen molar-refractivity contribution >= 4 is 28.8 Å². The molecule has 0 aromatic carbocycles. The van der Waals surface area contributed by atoms with Crippen LogP contribution in [-0.2, 0) is 13.5 Å². The van der Waals surface area contributed by atoms with E-state index < -0.39 is 0 Å². The molecular weight excluding hydrogens is 254 g/mol. The van der Waals surface area contributed by atoms with Gasteiger partial charge in [-0.15, -0.1) is 10.2 Å². The van der Waals surface area contributed by atoms with E-state index in [2.05, 4.69) is 22.2 Å². The Morgan fingerprint density at radius 2 is 2.18 bits per heavy atom. The van der Waals surface area contributed by atoms with Gasteiger partial charge in [-0.3, -0.25) is 4.68 Å². The average molecular weight is 269 g/mol. The molecule has 0 unspecified atom stereocenters. The van der Waals surface area contributed by atoms with Gasteiger partial charge in [0.1, 0.15) is 10.0 Å². The monoisotopic (exact) mass is 269 g/mol. The predicted molar refractivity (Wildman–Crippen MR) is 70.4 cm³/mol. The lowest BCUT2D eigenvalue weighted by Crippen LogP contribution is -1.93. The standard InChI is InChI=1S/C10H15N5S2/c1-4-5-7-8(11)9(15(3)14-7)17-10-13-12-6(2)16-10/h4-5,11H2,1-3H3. The fourth-order valence-electron chi connectivity index (χ4n) is 1.52. The van der Waals surface area contributed by atoms with Crippen molar-refractivity contribution in [1.29, 1.82) is 0 Å². The third-order valence-corrected chi connectivity index (χ3v) is 4.35. The van der Waals surface area contributed by atoms with Gasteiger partial charge in [0, 0.05) is 7.05 Å². The van der Waals surface area contributed by atoms with E-state index >= 15 is 0 Å². The van der Waals surface area contributed by atoms with E-state index in [9.17, 15) is 0 Å². The first-order chi connectivity index (χ1) is 8.11. The van der Waals surface area contributed by atoms with Crippen molar-refractivity contribution in [1.82, 2.24) is 20.0 Å². The van der Waals surface area contributed by atoms with Crippen LogP contribution in [0.5, 0.6) is 0 Å². The number of nitrogen functional groups attached to an aromatic ring is 1. The highest BCUT2D eigenvalue weighted by Crippen LogP contribution is 2.35. The molecule has 0 saturated heterocycles. The third kappa shape index (κ3) is 2.61. The Hall–Kier alpha value is -1.08. The van der Waals surface area contributed by atoms with Crippen LogP contribution in [0.25, 0.3) is 0 Å². The SMILES string of the molecule is CCCc1nn(C)c(Sc2nnc(C)s2)c1N. The van der Waals surface area contributed by atoms with Gasteiger partial charge in [-0.25, -0.2) is 0 Å². The van der Waals surface area contributed by atoms with Crippen molar-refractivity contribution in [2.24, 2.45) is 7.05 Å². The van der Waals surface area contributed by atoms with Gasteiger partial charge in [0.2, 0.25) is 0 Å². The summed E-state index contributed by atoms with van der Waals surface area (Å²) in [6, 6.07) is 0. The Morgan fingerprint density at radius 1 is 1.41 bits per heavy atom. The van der Waals surface area contributed by atoms with Crippen LogP contribution in [0.3, 0.4) is 0 Å². The number of nitrogens with zero attached hydrogens (tertiary/aromatic N) is 4. The van der Waals surface area contributed by atoms with E-state index in [-0.39, 0.29) is 0 Å². The van der Waals surface area contributed by atoms with Crippen molar-refractivity contribution in [3.63, 3.8) is 0 Å². The molecule has 0 bridgehead atoms. The molecular formula is C10H15N5S2. The molecule has 2 rings (SSSR count). The molecule has 5 nitrogen and oxygen atoms in total. The molecule has 0 spiro atoms. The molecule has 0 aliphatic rings. The second kappa shape index (κ2) is 5.05. The van der Waals surface area contributed by atoms with Gasteiger partial charge in [0.25, 0.3) is 0 Å². The maximum absolute atomic E-state index is 6.10. The highest BCUT2D eigenvalue weighted by Gasteiger charge is 2.15. The lowest BCUT2D eigenvalue weighted by molar-refractivity contribution is 0.681. The number of hydrogen-bond acceptors (Lipinski definition) is 6. The fraction of sp³-hybridized carbons (Fsp3) is 0.500. The molecule has 92 valence electrons. The second-order valence-electron chi connectivity index (χ2n) is 3.73. The van der Waals surface area contributed by atoms with E-state index in [0.29, 0.717) is 0 Å². The van der Waals surface area contributed by atoms with Gasteiger partial charge in [0.05, 0.1) is 11.4 Å². The summed E-state index contributed by atoms with van der Waals surface area (Å²) in [5.41, 5.74) is 7.84. The first-order valence-corrected chi connectivity index (χ1v) is 7.04. The molecule has 0 aliphatic heterocycles. The summed E-state index contributed by atoms with van der Waals surface area (Å²) in [6.45, 7) is 4.06. The smallest absolute Gasteiger partial charge is 0.180 e. The molecule has 2 N–H and O–H groups in total. The van der Waals surface area contributed by atoms with E-state index in [0.717, 1.165) is 38.6 Å². The van der Waals surface area contributed by atoms with Crippen LogP contribution >= 0.6 is 23.1 Å². The number of aromatic nitrogens is 4. The molecule has 0 atom stereocenters. The molecule has 0 aliphatic carbocycles. The van der Waals surface area contributed by atoms with E-state index in [4.69, 9.17) is 5.73 Å². The highest BCUT2D eigenvalue weighted by molar-refractivity contribution is 8.01. The summed E-state index contributed by atoms with van der Waals surface area (Å²) in [6.07, 6.45) is 1.96. The maximum atomic E-state index is 6.10. The summed E-state index contributed by atoms with van der Waals surface area (Å²) in [7, 11) is 1.91. The minimum absolute atomic E-state index is 0.771. The van der Waals surface area contributed by atoms with Crippen molar-refractivity contribution < 1.29 is 0 Å². The molecule has 2 aromatic rings. The molecule has 7 heteroatoms. The van der Waals surface area contributed by atoms with Crippen LogP contribution < -0.4 is 5.73 Å². The van der Waals surface area contributed by atoms with Gasteiger partial charge in [-0.1, -0.05) is 24.7 Å². The highest BCUT2D eigenvalue weighted by atomic mass is 32.2. The average Bonchev–Trinajstić information content (AvgIpc) is 2.79. The molecule has 0 fully saturated rings. The molecule has 0 radical (unpaired) electrons. The fourth-order valence-corrected chi connectivity index (χ4v) is 3.35. The first-order valence-electron chi connectivity index (χ1n) is 5.41. The molecule has 17 heavy (non-hydrogen) atoms. The Labute approximate surface area is 108 Å². The maximum Gasteiger partial charge on any atom is 0.180 e. The van der Waals surface area contributed by atoms with Crippen LogP contribution in [0.1, 0.15) is 24.0 Å². The van der Waals surface area contributed by atoms with Crippen molar-refractivity contribution in [3.8, 4) is 0 Å². The van der Waals surface area contributed by atoms with E-state index in [1.54, 1.807) is 11.3 Å². The summed E-state index contributed by atoms with van der Waals surface area (Å²) in [4.78, 5) is 0. The normalized spacial score (nSPS) is 11.0. The Bertz CT molecular complexity index is 517. The number of rotatable bonds is 4. The van der Waals surface area contributed by atoms with Crippen LogP contribution in [0.15, 0.2) is 9.37 Å². The third-order valence-electron chi connectivity index (χ3n) is 2.28. The van der Waals surface area contributed by atoms with Crippen molar-refractivity contribution in [2.75, 3.05) is 5.73 Å². The Kier molecular flexibility index (Phi) is 3.68. The van der Waals surface area contributed by atoms with Gasteiger partial charge in [-0.2, -0.15) is 5.10 Å². The van der Waals surface area contributed by atoms with Crippen LogP contribution in [0.2, 0.25) is 0 Å². The van der Waals surface area contributed by atoms with Crippen LogP contribution in [0, 0.1) is 6.92 Å². The minimum Gasteiger partial charge on any atom is -0.395 e. The van der Waals surface area contributed by atoms with E-state index in [1.807, 2.05) is 18.7 Å². The Balaban J connectivity index is 2.26. The van der Waals surface area contributed by atoms with Crippen LogP contribution in [0.4, 0.5) is 5.69 Å². The summed E-state index contributed by atoms with van der Waals surface area (Å²) in [5.74, 6) is 0. The van der Waals surface area contributed by atoms with Crippen molar-refractivity contribution in [2.45, 2.75) is 36.1 Å². The lowest BCUT2D eigenvalue weighted by atomic mass is 10.2. The zero-order chi connectivity index (χ0) is 12.4. The zero-order valence-electron chi connectivity index (χ0n) is 10.1. The quantitative estimate of drug-likeness (QED) is 0.922. The van der Waals surface area contributed by atoms with Gasteiger partial charge < -0.3 is 5.73 Å². The zero-order valence-corrected chi connectivity index (χ0v) is 11.7. The molecule has 2 aromatic heterocycles. The van der Waals surface area contributed by atoms with Gasteiger partial charge >= 0.3 is 0 Å². The summed E-state index contributed by atoms with van der Waals surface area (Å²) >= 11 is 3.10. The molecule has 0 saturated carbocycles. The van der Waals surface area contributed by atoms with E-state index in [1.165, 1.54) is 11.8 Å². The second-order valence-corrected chi connectivity index (χ2v) is 6.15. The summed E-state index contributed by atoms with van der Waals surface area (Å²) < 4.78 is 2.72.